The van der Waals surface area contributed by atoms with Crippen molar-refractivity contribution >= 4 is 48.5 Å². The molecule has 1 unspecified atom stereocenters. The quantitative estimate of drug-likeness (QED) is 0.593. The maximum Gasteiger partial charge on any atom is 0.245 e. The second kappa shape index (κ2) is 8.41. The van der Waals surface area contributed by atoms with Gasteiger partial charge in [-0.05, 0) is 43.2 Å². The fourth-order valence-electron chi connectivity index (χ4n) is 3.62. The van der Waals surface area contributed by atoms with Crippen molar-refractivity contribution in [1.82, 2.24) is 9.29 Å². The molecule has 1 atom stereocenters. The van der Waals surface area contributed by atoms with Gasteiger partial charge >= 0.3 is 0 Å². The van der Waals surface area contributed by atoms with Crippen LogP contribution in [0, 0.1) is 11.7 Å². The summed E-state index contributed by atoms with van der Waals surface area (Å²) in [5.41, 5.74) is 0.477. The number of pyridine rings is 1. The van der Waals surface area contributed by atoms with Gasteiger partial charge in [0, 0.05) is 29.1 Å². The molecule has 1 fully saturated rings. The number of benzene rings is 2. The Bertz CT molecular complexity index is 1210. The first-order valence-corrected chi connectivity index (χ1v) is 11.7. The summed E-state index contributed by atoms with van der Waals surface area (Å²) in [4.78, 5) is 17.1. The minimum absolute atomic E-state index is 0.0372. The van der Waals surface area contributed by atoms with Gasteiger partial charge in [0.2, 0.25) is 15.9 Å². The zero-order chi connectivity index (χ0) is 21.3. The highest BCUT2D eigenvalue weighted by molar-refractivity contribution is 9.10. The standard InChI is InChI=1S/C21H19BrFN3O3S/c22-16-8-9-18(17(23)12-16)25-21(27)15-6-3-11-26(13-15)30(28,29)19-7-1-4-14-5-2-10-24-20(14)19/h1-2,4-5,7-10,12,15H,3,6,11,13H2,(H,25,27). The molecule has 156 valence electrons. The van der Waals surface area contributed by atoms with Gasteiger partial charge in [0.15, 0.2) is 0 Å². The molecule has 1 amide bonds. The topological polar surface area (TPSA) is 79.4 Å². The lowest BCUT2D eigenvalue weighted by atomic mass is 9.98. The summed E-state index contributed by atoms with van der Waals surface area (Å²) >= 11 is 3.18. The Labute approximate surface area is 182 Å². The van der Waals surface area contributed by atoms with E-state index >= 15 is 0 Å². The van der Waals surface area contributed by atoms with Gasteiger partial charge in [-0.25, -0.2) is 12.8 Å². The van der Waals surface area contributed by atoms with E-state index in [1.54, 1.807) is 36.5 Å². The van der Waals surface area contributed by atoms with Crippen LogP contribution in [0.15, 0.2) is 64.1 Å². The van der Waals surface area contributed by atoms with Gasteiger partial charge in [0.25, 0.3) is 0 Å². The largest absolute Gasteiger partial charge is 0.323 e. The van der Waals surface area contributed by atoms with Crippen LogP contribution in [0.2, 0.25) is 0 Å². The van der Waals surface area contributed by atoms with E-state index in [1.165, 1.54) is 22.5 Å². The van der Waals surface area contributed by atoms with Crippen LogP contribution in [0.3, 0.4) is 0 Å². The summed E-state index contributed by atoms with van der Waals surface area (Å²) in [6.07, 6.45) is 2.63. The van der Waals surface area contributed by atoms with E-state index in [1.807, 2.05) is 0 Å². The number of fused-ring (bicyclic) bond motifs is 1. The lowest BCUT2D eigenvalue weighted by Gasteiger charge is -2.31. The summed E-state index contributed by atoms with van der Waals surface area (Å²) in [5, 5.41) is 3.31. The van der Waals surface area contributed by atoms with E-state index in [0.717, 1.165) is 5.39 Å². The highest BCUT2D eigenvalue weighted by atomic mass is 79.9. The van der Waals surface area contributed by atoms with Crippen molar-refractivity contribution in [1.29, 1.82) is 0 Å². The molecule has 6 nitrogen and oxygen atoms in total. The first kappa shape index (κ1) is 20.9. The number of anilines is 1. The number of hydrogen-bond donors (Lipinski definition) is 1. The molecule has 0 bridgehead atoms. The minimum Gasteiger partial charge on any atom is -0.323 e. The number of halogens is 2. The summed E-state index contributed by atoms with van der Waals surface area (Å²) < 4.78 is 42.6. The van der Waals surface area contributed by atoms with Gasteiger partial charge in [-0.15, -0.1) is 0 Å². The summed E-state index contributed by atoms with van der Waals surface area (Å²) in [5.74, 6) is -1.52. The first-order chi connectivity index (χ1) is 14.4. The molecule has 3 aromatic rings. The number of amides is 1. The number of aromatic nitrogens is 1. The van der Waals surface area contributed by atoms with Crippen molar-refractivity contribution in [2.75, 3.05) is 18.4 Å². The van der Waals surface area contributed by atoms with Crippen LogP contribution in [0.1, 0.15) is 12.8 Å². The molecule has 0 aliphatic carbocycles. The Hall–Kier alpha value is -2.36. The van der Waals surface area contributed by atoms with E-state index in [4.69, 9.17) is 0 Å². The normalized spacial score (nSPS) is 17.7. The van der Waals surface area contributed by atoms with Gasteiger partial charge in [-0.2, -0.15) is 4.31 Å². The van der Waals surface area contributed by atoms with Crippen molar-refractivity contribution < 1.29 is 17.6 Å². The van der Waals surface area contributed by atoms with E-state index in [2.05, 4.69) is 26.2 Å². The molecule has 0 radical (unpaired) electrons. The molecule has 2 aromatic carbocycles. The zero-order valence-corrected chi connectivity index (χ0v) is 18.3. The smallest absolute Gasteiger partial charge is 0.245 e. The third-order valence-electron chi connectivity index (χ3n) is 5.16. The third-order valence-corrected chi connectivity index (χ3v) is 7.55. The molecule has 1 aromatic heterocycles. The Morgan fingerprint density at radius 1 is 1.20 bits per heavy atom. The van der Waals surface area contributed by atoms with Crippen molar-refractivity contribution in [2.24, 2.45) is 5.92 Å². The van der Waals surface area contributed by atoms with Gasteiger partial charge in [0.05, 0.1) is 17.1 Å². The Kier molecular flexibility index (Phi) is 5.86. The summed E-state index contributed by atoms with van der Waals surface area (Å²) in [6, 6.07) is 12.9. The van der Waals surface area contributed by atoms with Crippen LogP contribution in [-0.2, 0) is 14.8 Å². The average Bonchev–Trinajstić information content (AvgIpc) is 2.75. The maximum atomic E-state index is 14.1. The van der Waals surface area contributed by atoms with Crippen molar-refractivity contribution in [3.63, 3.8) is 0 Å². The third kappa shape index (κ3) is 4.10. The number of carbonyl (C=O) groups is 1. The molecule has 1 aliphatic rings. The molecular weight excluding hydrogens is 473 g/mol. The lowest BCUT2D eigenvalue weighted by Crippen LogP contribution is -2.43. The Balaban J connectivity index is 1.56. The van der Waals surface area contributed by atoms with Crippen LogP contribution in [0.25, 0.3) is 10.9 Å². The Morgan fingerprint density at radius 3 is 2.80 bits per heavy atom. The maximum absolute atomic E-state index is 14.1. The van der Waals surface area contributed by atoms with E-state index in [9.17, 15) is 17.6 Å². The molecule has 2 heterocycles. The minimum atomic E-state index is -3.83. The van der Waals surface area contributed by atoms with Crippen LogP contribution < -0.4 is 5.32 Å². The molecule has 1 aliphatic heterocycles. The predicted molar refractivity (Wildman–Crippen MR) is 116 cm³/mol. The van der Waals surface area contributed by atoms with E-state index in [-0.39, 0.29) is 17.1 Å². The number of piperidine rings is 1. The summed E-state index contributed by atoms with van der Waals surface area (Å²) in [6.45, 7) is 0.359. The van der Waals surface area contributed by atoms with Crippen molar-refractivity contribution in [3.8, 4) is 0 Å². The molecule has 0 saturated carbocycles. The number of nitrogens with one attached hydrogen (secondary N) is 1. The zero-order valence-electron chi connectivity index (χ0n) is 15.9. The van der Waals surface area contributed by atoms with Crippen molar-refractivity contribution in [3.05, 3.63) is 65.0 Å². The van der Waals surface area contributed by atoms with Gasteiger partial charge < -0.3 is 5.32 Å². The van der Waals surface area contributed by atoms with Gasteiger partial charge in [0.1, 0.15) is 10.7 Å². The number of carbonyl (C=O) groups excluding carboxylic acids is 1. The highest BCUT2D eigenvalue weighted by Gasteiger charge is 2.34. The number of hydrogen-bond acceptors (Lipinski definition) is 4. The monoisotopic (exact) mass is 491 g/mol. The molecule has 1 N–H and O–H groups in total. The van der Waals surface area contributed by atoms with Crippen LogP contribution in [0.4, 0.5) is 10.1 Å². The van der Waals surface area contributed by atoms with Crippen LogP contribution in [-0.4, -0.2) is 36.7 Å². The van der Waals surface area contributed by atoms with Gasteiger partial charge in [-0.3, -0.25) is 9.78 Å². The molecule has 4 rings (SSSR count). The molecule has 30 heavy (non-hydrogen) atoms. The second-order valence-corrected chi connectivity index (χ2v) is 9.97. The fourth-order valence-corrected chi connectivity index (χ4v) is 5.65. The SMILES string of the molecule is O=C(Nc1ccc(Br)cc1F)C1CCCN(S(=O)(=O)c2cccc3cccnc23)C1. The number of nitrogens with zero attached hydrogens (tertiary/aromatic N) is 2. The summed E-state index contributed by atoms with van der Waals surface area (Å²) in [7, 11) is -3.83. The number of para-hydroxylation sites is 1. The average molecular weight is 492 g/mol. The number of sulfonamides is 1. The van der Waals surface area contributed by atoms with Gasteiger partial charge in [-0.1, -0.05) is 34.1 Å². The van der Waals surface area contributed by atoms with E-state index in [0.29, 0.717) is 29.4 Å². The van der Waals surface area contributed by atoms with E-state index < -0.39 is 27.7 Å². The first-order valence-electron chi connectivity index (χ1n) is 9.46. The highest BCUT2D eigenvalue weighted by Crippen LogP contribution is 2.29. The second-order valence-electron chi connectivity index (χ2n) is 7.15. The molecular formula is C21H19BrFN3O3S. The van der Waals surface area contributed by atoms with Crippen molar-refractivity contribution in [2.45, 2.75) is 17.7 Å². The fraction of sp³-hybridized carbons (Fsp3) is 0.238. The molecule has 0 spiro atoms. The van der Waals surface area contributed by atoms with Crippen LogP contribution >= 0.6 is 15.9 Å². The van der Waals surface area contributed by atoms with Crippen LogP contribution in [0.5, 0.6) is 0 Å². The number of rotatable bonds is 4. The Morgan fingerprint density at radius 2 is 2.00 bits per heavy atom. The predicted octanol–water partition coefficient (Wildman–Crippen LogP) is 4.18. The molecule has 1 saturated heterocycles. The lowest BCUT2D eigenvalue weighted by molar-refractivity contribution is -0.120. The molecule has 9 heteroatoms.